The number of halogens is 3. The average molecular weight is 443 g/mol. The summed E-state index contributed by atoms with van der Waals surface area (Å²) in [5.41, 5.74) is 3.95. The van der Waals surface area contributed by atoms with Crippen LogP contribution in [0.3, 0.4) is 0 Å². The molecule has 168 valence electrons. The third-order valence-electron chi connectivity index (χ3n) is 6.35. The summed E-state index contributed by atoms with van der Waals surface area (Å²) in [5, 5.41) is 0.736. The Balaban J connectivity index is 1.47. The minimum atomic E-state index is -4.16. The summed E-state index contributed by atoms with van der Waals surface area (Å²) in [6.07, 6.45) is -2.43. The number of hydrogen-bond donors (Lipinski definition) is 0. The minimum absolute atomic E-state index is 0.0605. The number of alkyl halides is 3. The third kappa shape index (κ3) is 4.01. The molecule has 2 aliphatic rings. The number of anilines is 1. The number of aryl methyl sites for hydroxylation is 2. The van der Waals surface area contributed by atoms with E-state index in [0.29, 0.717) is 37.0 Å². The van der Waals surface area contributed by atoms with Crippen LogP contribution in [0.25, 0.3) is 11.0 Å². The van der Waals surface area contributed by atoms with Crippen LogP contribution >= 0.6 is 0 Å². The first-order valence-electron chi connectivity index (χ1n) is 10.8. The molecule has 1 aliphatic heterocycles. The molecule has 0 bridgehead atoms. The van der Waals surface area contributed by atoms with Crippen molar-refractivity contribution < 1.29 is 17.9 Å². The number of ether oxygens (including phenoxy) is 1. The van der Waals surface area contributed by atoms with E-state index in [1.54, 1.807) is 6.20 Å². The second-order valence-electron chi connectivity index (χ2n) is 8.68. The Morgan fingerprint density at radius 1 is 1.03 bits per heavy atom. The lowest BCUT2D eigenvalue weighted by atomic mass is 9.72. The SMILES string of the molecule is Cc1cc(C2CN(c3nc(C4CC(C(F)(F)F)C4)c4ccc(C)nc4n3)CCO2)ccn1. The molecule has 4 heterocycles. The Morgan fingerprint density at radius 3 is 2.59 bits per heavy atom. The van der Waals surface area contributed by atoms with E-state index < -0.39 is 12.1 Å². The van der Waals surface area contributed by atoms with Gasteiger partial charge in [-0.1, -0.05) is 0 Å². The number of nitrogens with zero attached hydrogens (tertiary/aromatic N) is 5. The Kier molecular flexibility index (Phi) is 5.23. The summed E-state index contributed by atoms with van der Waals surface area (Å²) in [6.45, 7) is 5.47. The maximum atomic E-state index is 13.1. The monoisotopic (exact) mass is 443 g/mol. The zero-order chi connectivity index (χ0) is 22.5. The van der Waals surface area contributed by atoms with Crippen LogP contribution in [-0.4, -0.2) is 45.8 Å². The van der Waals surface area contributed by atoms with Gasteiger partial charge in [-0.05, 0) is 56.5 Å². The molecule has 0 spiro atoms. The number of pyridine rings is 2. The van der Waals surface area contributed by atoms with Crippen LogP contribution in [0, 0.1) is 19.8 Å². The molecule has 9 heteroatoms. The molecule has 1 unspecified atom stereocenters. The van der Waals surface area contributed by atoms with Crippen molar-refractivity contribution in [3.05, 3.63) is 53.1 Å². The van der Waals surface area contributed by atoms with Crippen LogP contribution in [0.1, 0.15) is 47.5 Å². The Hall–Kier alpha value is -2.81. The number of aromatic nitrogens is 4. The summed E-state index contributed by atoms with van der Waals surface area (Å²) in [5.74, 6) is -1.00. The first-order valence-corrected chi connectivity index (χ1v) is 10.8. The maximum Gasteiger partial charge on any atom is 0.391 e. The topological polar surface area (TPSA) is 64.0 Å². The van der Waals surface area contributed by atoms with E-state index in [4.69, 9.17) is 9.72 Å². The number of rotatable bonds is 3. The van der Waals surface area contributed by atoms with Crippen molar-refractivity contribution >= 4 is 17.0 Å². The maximum absolute atomic E-state index is 13.1. The van der Waals surface area contributed by atoms with Crippen molar-refractivity contribution in [2.75, 3.05) is 24.6 Å². The van der Waals surface area contributed by atoms with Crippen LogP contribution in [0.2, 0.25) is 0 Å². The van der Waals surface area contributed by atoms with Gasteiger partial charge in [0.2, 0.25) is 5.95 Å². The van der Waals surface area contributed by atoms with Crippen molar-refractivity contribution in [2.24, 2.45) is 5.92 Å². The van der Waals surface area contributed by atoms with Crippen molar-refractivity contribution in [1.82, 2.24) is 19.9 Å². The van der Waals surface area contributed by atoms with Gasteiger partial charge in [0.15, 0.2) is 5.65 Å². The molecular formula is C23H24F3N5O. The third-order valence-corrected chi connectivity index (χ3v) is 6.35. The Labute approximate surface area is 183 Å². The summed E-state index contributed by atoms with van der Waals surface area (Å²) in [4.78, 5) is 20.3. The summed E-state index contributed by atoms with van der Waals surface area (Å²) < 4.78 is 45.2. The van der Waals surface area contributed by atoms with Crippen LogP contribution in [0.4, 0.5) is 19.1 Å². The van der Waals surface area contributed by atoms with E-state index in [9.17, 15) is 13.2 Å². The highest BCUT2D eigenvalue weighted by Crippen LogP contribution is 2.50. The van der Waals surface area contributed by atoms with Crippen LogP contribution in [-0.2, 0) is 4.74 Å². The molecule has 0 amide bonds. The fourth-order valence-electron chi connectivity index (χ4n) is 4.48. The molecule has 5 rings (SSSR count). The summed E-state index contributed by atoms with van der Waals surface area (Å²) in [6, 6.07) is 7.66. The lowest BCUT2D eigenvalue weighted by Crippen LogP contribution is -2.40. The van der Waals surface area contributed by atoms with Crippen LogP contribution in [0.5, 0.6) is 0 Å². The molecule has 1 aliphatic carbocycles. The van der Waals surface area contributed by atoms with Gasteiger partial charge >= 0.3 is 6.18 Å². The van der Waals surface area contributed by atoms with Gasteiger partial charge < -0.3 is 9.64 Å². The molecular weight excluding hydrogens is 419 g/mol. The highest BCUT2D eigenvalue weighted by Gasteiger charge is 2.49. The quantitative estimate of drug-likeness (QED) is 0.586. The van der Waals surface area contributed by atoms with E-state index >= 15 is 0 Å². The van der Waals surface area contributed by atoms with Gasteiger partial charge in [-0.2, -0.15) is 18.2 Å². The second-order valence-corrected chi connectivity index (χ2v) is 8.68. The van der Waals surface area contributed by atoms with Crippen molar-refractivity contribution in [1.29, 1.82) is 0 Å². The number of hydrogen-bond acceptors (Lipinski definition) is 6. The second kappa shape index (κ2) is 7.95. The normalized spacial score (nSPS) is 23.9. The van der Waals surface area contributed by atoms with Gasteiger partial charge in [0.05, 0.1) is 24.8 Å². The highest BCUT2D eigenvalue weighted by atomic mass is 19.4. The van der Waals surface area contributed by atoms with Gasteiger partial charge in [-0.15, -0.1) is 0 Å². The Bertz CT molecular complexity index is 1150. The predicted octanol–water partition coefficient (Wildman–Crippen LogP) is 4.67. The van der Waals surface area contributed by atoms with Crippen molar-refractivity contribution in [3.8, 4) is 0 Å². The minimum Gasteiger partial charge on any atom is -0.370 e. The molecule has 1 atom stereocenters. The first-order chi connectivity index (χ1) is 15.3. The van der Waals surface area contributed by atoms with Crippen molar-refractivity contribution in [2.45, 2.75) is 44.9 Å². The zero-order valence-electron chi connectivity index (χ0n) is 17.9. The Morgan fingerprint density at radius 2 is 1.84 bits per heavy atom. The number of fused-ring (bicyclic) bond motifs is 1. The molecule has 6 nitrogen and oxygen atoms in total. The smallest absolute Gasteiger partial charge is 0.370 e. The molecule has 0 N–H and O–H groups in total. The van der Waals surface area contributed by atoms with Gasteiger partial charge in [0, 0.05) is 35.4 Å². The van der Waals surface area contributed by atoms with E-state index in [1.165, 1.54) is 0 Å². The van der Waals surface area contributed by atoms with Gasteiger partial charge in [-0.3, -0.25) is 4.98 Å². The standard InChI is InChI=1S/C23H24F3N5O/c1-13-3-4-18-20(16-10-17(11-16)23(24,25)26)29-22(30-21(18)28-13)31-7-8-32-19(12-31)15-5-6-27-14(2)9-15/h3-6,9,16-17,19H,7-8,10-12H2,1-2H3. The molecule has 3 aromatic heterocycles. The van der Waals surface area contributed by atoms with Crippen LogP contribution < -0.4 is 4.90 Å². The van der Waals surface area contributed by atoms with E-state index in [2.05, 4.69) is 15.0 Å². The zero-order valence-corrected chi connectivity index (χ0v) is 17.9. The van der Waals surface area contributed by atoms with E-state index in [0.717, 1.165) is 22.3 Å². The lowest BCUT2D eigenvalue weighted by molar-refractivity contribution is -0.197. The van der Waals surface area contributed by atoms with Crippen molar-refractivity contribution in [3.63, 3.8) is 0 Å². The number of morpholine rings is 1. The molecule has 0 radical (unpaired) electrons. The molecule has 1 saturated heterocycles. The molecule has 1 saturated carbocycles. The average Bonchev–Trinajstić information content (AvgIpc) is 2.71. The molecule has 0 aromatic carbocycles. The van der Waals surface area contributed by atoms with Crippen LogP contribution in [0.15, 0.2) is 30.5 Å². The summed E-state index contributed by atoms with van der Waals surface area (Å²) >= 11 is 0. The van der Waals surface area contributed by atoms with Gasteiger partial charge in [-0.25, -0.2) is 9.97 Å². The highest BCUT2D eigenvalue weighted by molar-refractivity contribution is 5.79. The van der Waals surface area contributed by atoms with Gasteiger partial charge in [0.25, 0.3) is 0 Å². The lowest BCUT2D eigenvalue weighted by Gasteiger charge is -2.37. The van der Waals surface area contributed by atoms with E-state index in [-0.39, 0.29) is 24.9 Å². The first kappa shape index (κ1) is 21.1. The molecule has 2 fully saturated rings. The van der Waals surface area contributed by atoms with E-state index in [1.807, 2.05) is 43.0 Å². The fourth-order valence-corrected chi connectivity index (χ4v) is 4.48. The largest absolute Gasteiger partial charge is 0.391 e. The molecule has 3 aromatic rings. The van der Waals surface area contributed by atoms with Gasteiger partial charge in [0.1, 0.15) is 6.10 Å². The summed E-state index contributed by atoms with van der Waals surface area (Å²) in [7, 11) is 0. The fraction of sp³-hybridized carbons (Fsp3) is 0.478. The molecule has 32 heavy (non-hydrogen) atoms. The predicted molar refractivity (Wildman–Crippen MR) is 113 cm³/mol.